The summed E-state index contributed by atoms with van der Waals surface area (Å²) in [7, 11) is 1.68. The monoisotopic (exact) mass is 283 g/mol. The Labute approximate surface area is 117 Å². The number of carbonyl (C=O) groups excluding carboxylic acids is 2. The lowest BCUT2D eigenvalue weighted by atomic mass is 10.1. The van der Waals surface area contributed by atoms with Gasteiger partial charge in [-0.25, -0.2) is 0 Å². The molecule has 0 fully saturated rings. The highest BCUT2D eigenvalue weighted by Gasteiger charge is 2.20. The lowest BCUT2D eigenvalue weighted by Crippen LogP contribution is -2.45. The number of amides is 2. The van der Waals surface area contributed by atoms with Gasteiger partial charge in [-0.05, 0) is 26.0 Å². The van der Waals surface area contributed by atoms with E-state index in [9.17, 15) is 9.59 Å². The summed E-state index contributed by atoms with van der Waals surface area (Å²) in [5.74, 6) is -0.568. The van der Waals surface area contributed by atoms with Crippen molar-refractivity contribution in [3.05, 3.63) is 28.8 Å². The van der Waals surface area contributed by atoms with Gasteiger partial charge in [-0.15, -0.1) is 0 Å². The maximum Gasteiger partial charge on any atom is 0.254 e. The lowest BCUT2D eigenvalue weighted by molar-refractivity contribution is -0.131. The standard InChI is InChI=1S/C13H18ClN3O2/c1-4-17(3)13(19)8(2)16-12(18)9-6-5-7-10(14)11(9)15/h5-8H,4,15H2,1-3H3,(H,16,18). The molecule has 6 heteroatoms. The second-order valence-corrected chi connectivity index (χ2v) is 4.66. The number of anilines is 1. The average molecular weight is 284 g/mol. The fourth-order valence-electron chi connectivity index (χ4n) is 1.56. The van der Waals surface area contributed by atoms with E-state index in [2.05, 4.69) is 5.32 Å². The largest absolute Gasteiger partial charge is 0.397 e. The molecule has 0 saturated heterocycles. The van der Waals surface area contributed by atoms with Gasteiger partial charge in [-0.1, -0.05) is 17.7 Å². The first-order valence-corrected chi connectivity index (χ1v) is 6.36. The third-order valence-corrected chi connectivity index (χ3v) is 3.20. The molecule has 0 bridgehead atoms. The second-order valence-electron chi connectivity index (χ2n) is 4.25. The highest BCUT2D eigenvalue weighted by Crippen LogP contribution is 2.22. The maximum absolute atomic E-state index is 12.0. The molecule has 2 amide bonds. The minimum Gasteiger partial charge on any atom is -0.397 e. The first-order chi connectivity index (χ1) is 8.88. The number of carbonyl (C=O) groups is 2. The van der Waals surface area contributed by atoms with Gasteiger partial charge in [0.05, 0.1) is 16.3 Å². The second kappa shape index (κ2) is 6.43. The fraction of sp³-hybridized carbons (Fsp3) is 0.385. The van der Waals surface area contributed by atoms with Crippen LogP contribution in [0.5, 0.6) is 0 Å². The highest BCUT2D eigenvalue weighted by molar-refractivity contribution is 6.34. The van der Waals surface area contributed by atoms with Crippen molar-refractivity contribution in [3.63, 3.8) is 0 Å². The molecule has 0 aliphatic rings. The number of para-hydroxylation sites is 1. The number of nitrogens with one attached hydrogen (secondary N) is 1. The predicted octanol–water partition coefficient (Wildman–Crippen LogP) is 1.52. The van der Waals surface area contributed by atoms with E-state index in [4.69, 9.17) is 17.3 Å². The van der Waals surface area contributed by atoms with Gasteiger partial charge >= 0.3 is 0 Å². The van der Waals surface area contributed by atoms with Crippen LogP contribution in [-0.2, 0) is 4.79 Å². The lowest BCUT2D eigenvalue weighted by Gasteiger charge is -2.20. The van der Waals surface area contributed by atoms with Gasteiger partial charge in [0.25, 0.3) is 5.91 Å². The molecule has 0 aromatic heterocycles. The van der Waals surface area contributed by atoms with E-state index in [0.717, 1.165) is 0 Å². The van der Waals surface area contributed by atoms with E-state index >= 15 is 0 Å². The molecule has 0 aliphatic heterocycles. The van der Waals surface area contributed by atoms with Crippen LogP contribution in [0.2, 0.25) is 5.02 Å². The van der Waals surface area contributed by atoms with Gasteiger partial charge < -0.3 is 16.0 Å². The van der Waals surface area contributed by atoms with Crippen LogP contribution in [0.4, 0.5) is 5.69 Å². The summed E-state index contributed by atoms with van der Waals surface area (Å²) >= 11 is 5.85. The van der Waals surface area contributed by atoms with Crippen molar-refractivity contribution in [1.82, 2.24) is 10.2 Å². The molecule has 1 aromatic rings. The zero-order valence-electron chi connectivity index (χ0n) is 11.2. The Morgan fingerprint density at radius 3 is 2.68 bits per heavy atom. The summed E-state index contributed by atoms with van der Waals surface area (Å²) in [5, 5.41) is 2.93. The number of nitrogens with zero attached hydrogens (tertiary/aromatic N) is 1. The number of hydrogen-bond donors (Lipinski definition) is 2. The first kappa shape index (κ1) is 15.3. The molecule has 5 nitrogen and oxygen atoms in total. The van der Waals surface area contributed by atoms with Crippen LogP contribution in [0, 0.1) is 0 Å². The van der Waals surface area contributed by atoms with Gasteiger partial charge in [0.2, 0.25) is 5.91 Å². The Morgan fingerprint density at radius 1 is 1.47 bits per heavy atom. The summed E-state index contributed by atoms with van der Waals surface area (Å²) in [4.78, 5) is 25.4. The minimum absolute atomic E-state index is 0.156. The van der Waals surface area contributed by atoms with E-state index in [1.165, 1.54) is 4.90 Å². The van der Waals surface area contributed by atoms with Crippen molar-refractivity contribution < 1.29 is 9.59 Å². The third kappa shape index (κ3) is 3.61. The van der Waals surface area contributed by atoms with E-state index < -0.39 is 11.9 Å². The van der Waals surface area contributed by atoms with Gasteiger partial charge in [0.1, 0.15) is 6.04 Å². The zero-order chi connectivity index (χ0) is 14.6. The number of nitrogen functional groups attached to an aromatic ring is 1. The number of benzene rings is 1. The van der Waals surface area contributed by atoms with Crippen molar-refractivity contribution in [2.75, 3.05) is 19.3 Å². The summed E-state index contributed by atoms with van der Waals surface area (Å²) in [5.41, 5.74) is 6.22. The molecule has 0 heterocycles. The van der Waals surface area contributed by atoms with Crippen molar-refractivity contribution in [3.8, 4) is 0 Å². The van der Waals surface area contributed by atoms with Crippen LogP contribution < -0.4 is 11.1 Å². The predicted molar refractivity (Wildman–Crippen MR) is 76.1 cm³/mol. The Bertz CT molecular complexity index is 491. The number of likely N-dealkylation sites (N-methyl/N-ethyl adjacent to an activating group) is 1. The Kier molecular flexibility index (Phi) is 5.18. The van der Waals surface area contributed by atoms with E-state index in [1.807, 2.05) is 6.92 Å². The molecule has 1 atom stereocenters. The van der Waals surface area contributed by atoms with Crippen molar-refractivity contribution in [2.45, 2.75) is 19.9 Å². The van der Waals surface area contributed by atoms with Gasteiger partial charge in [-0.3, -0.25) is 9.59 Å². The molecule has 3 N–H and O–H groups in total. The molecule has 1 aromatic carbocycles. The summed E-state index contributed by atoms with van der Waals surface area (Å²) in [6.07, 6.45) is 0. The zero-order valence-corrected chi connectivity index (χ0v) is 12.0. The van der Waals surface area contributed by atoms with Gasteiger partial charge in [0.15, 0.2) is 0 Å². The average Bonchev–Trinajstić information content (AvgIpc) is 2.39. The Hall–Kier alpha value is -1.75. The van der Waals surface area contributed by atoms with Crippen molar-refractivity contribution in [2.24, 2.45) is 0 Å². The SMILES string of the molecule is CCN(C)C(=O)C(C)NC(=O)c1cccc(Cl)c1N. The molecule has 0 radical (unpaired) electrons. The third-order valence-electron chi connectivity index (χ3n) is 2.87. The quantitative estimate of drug-likeness (QED) is 0.823. The molecule has 0 aliphatic carbocycles. The molecule has 104 valence electrons. The molecular weight excluding hydrogens is 266 g/mol. The fourth-order valence-corrected chi connectivity index (χ4v) is 1.73. The van der Waals surface area contributed by atoms with E-state index in [1.54, 1.807) is 32.2 Å². The number of nitrogens with two attached hydrogens (primary N) is 1. The maximum atomic E-state index is 12.0. The molecule has 0 spiro atoms. The number of hydrogen-bond acceptors (Lipinski definition) is 3. The summed E-state index contributed by atoms with van der Waals surface area (Å²) < 4.78 is 0. The number of halogens is 1. The van der Waals surface area contributed by atoms with Crippen molar-refractivity contribution in [1.29, 1.82) is 0 Å². The van der Waals surface area contributed by atoms with Crippen LogP contribution in [0.25, 0.3) is 0 Å². The molecule has 1 rings (SSSR count). The van der Waals surface area contributed by atoms with Crippen LogP contribution in [0.3, 0.4) is 0 Å². The van der Waals surface area contributed by atoms with Crippen molar-refractivity contribution >= 4 is 29.1 Å². The molecule has 1 unspecified atom stereocenters. The van der Waals surface area contributed by atoms with Crippen LogP contribution in [0.1, 0.15) is 24.2 Å². The normalized spacial score (nSPS) is 11.8. The van der Waals surface area contributed by atoms with Crippen LogP contribution in [-0.4, -0.2) is 36.3 Å². The number of rotatable bonds is 4. The smallest absolute Gasteiger partial charge is 0.254 e. The topological polar surface area (TPSA) is 75.4 Å². The van der Waals surface area contributed by atoms with E-state index in [0.29, 0.717) is 11.6 Å². The molecule has 19 heavy (non-hydrogen) atoms. The highest BCUT2D eigenvalue weighted by atomic mass is 35.5. The summed E-state index contributed by atoms with van der Waals surface area (Å²) in [6, 6.07) is 4.19. The Balaban J connectivity index is 2.80. The van der Waals surface area contributed by atoms with E-state index in [-0.39, 0.29) is 17.2 Å². The Morgan fingerprint density at radius 2 is 2.11 bits per heavy atom. The van der Waals surface area contributed by atoms with Crippen LogP contribution >= 0.6 is 11.6 Å². The van der Waals surface area contributed by atoms with Crippen LogP contribution in [0.15, 0.2) is 18.2 Å². The molecular formula is C13H18ClN3O2. The van der Waals surface area contributed by atoms with Gasteiger partial charge in [0, 0.05) is 13.6 Å². The van der Waals surface area contributed by atoms with Gasteiger partial charge in [-0.2, -0.15) is 0 Å². The summed E-state index contributed by atoms with van der Waals surface area (Å²) in [6.45, 7) is 4.08. The molecule has 0 saturated carbocycles. The minimum atomic E-state index is -0.615. The first-order valence-electron chi connectivity index (χ1n) is 5.98.